The predicted octanol–water partition coefficient (Wildman–Crippen LogP) is 6.85. The molecule has 6 rings (SSSR count). The first-order chi connectivity index (χ1) is 27.4. The van der Waals surface area contributed by atoms with Gasteiger partial charge in [-0.1, -0.05) is 42.0 Å². The molecule has 0 saturated heterocycles. The van der Waals surface area contributed by atoms with E-state index in [0.717, 1.165) is 11.7 Å². The Morgan fingerprint density at radius 3 is 1.60 bits per heavy atom. The minimum absolute atomic E-state index is 0. The molecule has 1 amide bonds. The number of aromatic carboxylic acids is 1. The van der Waals surface area contributed by atoms with E-state index in [0.29, 0.717) is 39.7 Å². The van der Waals surface area contributed by atoms with Gasteiger partial charge >= 0.3 is 18.3 Å². The largest absolute Gasteiger partial charge is 0.477 e. The normalized spacial score (nSPS) is 12.8. The minimum Gasteiger partial charge on any atom is -0.477 e. The quantitative estimate of drug-likeness (QED) is 0.112. The maximum atomic E-state index is 13.3. The van der Waals surface area contributed by atoms with E-state index in [9.17, 15) is 44.7 Å². The fourth-order valence-corrected chi connectivity index (χ4v) is 4.28. The Bertz CT molecular complexity index is 2330. The molecular formula is C33H35F8N10O5P. The molecule has 0 aliphatic rings. The van der Waals surface area contributed by atoms with Gasteiger partial charge in [-0.25, -0.2) is 13.6 Å². The monoisotopic (exact) mass is 840 g/mol. The van der Waals surface area contributed by atoms with Crippen LogP contribution >= 0.6 is 9.73 Å². The average Bonchev–Trinajstić information content (AvgIpc) is 3.94. The number of benzene rings is 2. The number of hydrogen-bond donors (Lipinski definition) is 3. The van der Waals surface area contributed by atoms with Crippen LogP contribution in [0, 0.1) is 11.6 Å². The topological polar surface area (TPSA) is 206 Å². The molecule has 4 aromatic heterocycles. The number of amides is 1. The fraction of sp³-hybridized carbons (Fsp3) is 0.273. The molecule has 15 nitrogen and oxygen atoms in total. The zero-order valence-electron chi connectivity index (χ0n) is 32.1. The fourth-order valence-electron chi connectivity index (χ4n) is 4.28. The lowest BCUT2D eigenvalue weighted by atomic mass is 10.2. The highest BCUT2D eigenvalue weighted by molar-refractivity contribution is 6.92. The van der Waals surface area contributed by atoms with Crippen molar-refractivity contribution in [3.05, 3.63) is 107 Å². The number of nitrogens with one attached hydrogen (secondary N) is 1. The first kappa shape index (κ1) is 42.1. The number of halogens is 8. The number of rotatable bonds is 7. The highest BCUT2D eigenvalue weighted by Crippen LogP contribution is 2.29. The van der Waals surface area contributed by atoms with Crippen molar-refractivity contribution >= 4 is 21.6 Å². The lowest BCUT2D eigenvalue weighted by Crippen LogP contribution is -2.28. The number of carboxylic acid groups (broad SMARTS) is 1. The minimum atomic E-state index is -4.66. The Morgan fingerprint density at radius 1 is 0.807 bits per heavy atom. The van der Waals surface area contributed by atoms with Gasteiger partial charge in [0.2, 0.25) is 23.4 Å². The van der Waals surface area contributed by atoms with E-state index < -0.39 is 62.9 Å². The number of carbonyl (C=O) groups excluding carboxylic acids is 1. The number of aromatic nitrogens is 8. The zero-order chi connectivity index (χ0) is 44.4. The van der Waals surface area contributed by atoms with Crippen molar-refractivity contribution in [3.8, 4) is 22.8 Å². The van der Waals surface area contributed by atoms with Crippen LogP contribution in [-0.4, -0.2) is 60.7 Å². The molecule has 0 unspecified atom stereocenters. The average molecular weight is 841 g/mol. The van der Waals surface area contributed by atoms with Crippen molar-refractivity contribution in [2.45, 2.75) is 45.7 Å². The number of nitrogens with two attached hydrogens (primary N) is 1. The lowest BCUT2D eigenvalue weighted by Gasteiger charge is -2.09. The van der Waals surface area contributed by atoms with Gasteiger partial charge in [0.25, 0.3) is 5.91 Å². The summed E-state index contributed by atoms with van der Waals surface area (Å²) in [5, 5.41) is 24.6. The van der Waals surface area contributed by atoms with Crippen molar-refractivity contribution in [1.82, 2.24) is 45.2 Å². The molecule has 0 aliphatic heterocycles. The van der Waals surface area contributed by atoms with Gasteiger partial charge in [-0.05, 0) is 38.1 Å². The summed E-state index contributed by atoms with van der Waals surface area (Å²) >= 11 is 0. The van der Waals surface area contributed by atoms with Gasteiger partial charge in [-0.15, -0.1) is 0 Å². The number of nitrogens with zero attached hydrogens (tertiary/aromatic N) is 8. The van der Waals surface area contributed by atoms with Crippen molar-refractivity contribution in [1.29, 1.82) is 3.84 Å². The van der Waals surface area contributed by atoms with Crippen LogP contribution < -0.4 is 11.1 Å². The van der Waals surface area contributed by atoms with Crippen molar-refractivity contribution in [3.63, 3.8) is 0 Å². The molecule has 57 heavy (non-hydrogen) atoms. The second kappa shape index (κ2) is 19.2. The van der Waals surface area contributed by atoms with Gasteiger partial charge in [0.1, 0.15) is 29.1 Å². The number of carbonyl (C=O) groups is 2. The summed E-state index contributed by atoms with van der Waals surface area (Å²) in [4.78, 5) is 30.7. The van der Waals surface area contributed by atoms with Crippen LogP contribution in [0.4, 0.5) is 35.1 Å². The second-order valence-corrected chi connectivity index (χ2v) is 11.3. The Labute approximate surface area is 324 Å². The van der Waals surface area contributed by atoms with Crippen LogP contribution in [0.5, 0.6) is 0 Å². The molecule has 6 aromatic rings. The number of alkyl halides is 6. The molecule has 0 radical (unpaired) electrons. The predicted molar refractivity (Wildman–Crippen MR) is 189 cm³/mol. The second-order valence-electron chi connectivity index (χ2n) is 11.3. The van der Waals surface area contributed by atoms with Crippen molar-refractivity contribution in [2.24, 2.45) is 19.8 Å². The van der Waals surface area contributed by atoms with E-state index in [4.69, 9.17) is 23.7 Å². The zero-order valence-corrected chi connectivity index (χ0v) is 30.0. The smallest absolute Gasteiger partial charge is 0.435 e. The summed E-state index contributed by atoms with van der Waals surface area (Å²) in [5.74, 6) is -2.22. The van der Waals surface area contributed by atoms with Crippen LogP contribution in [0.1, 0.15) is 77.5 Å². The SMILES string of the molecule is C.C[C@@H](N)c1nc(-c2cccc(F)c2)no1.C[C@@H](NC(=O)c1cc(C(F)(F)F)nn1C)c1nc(-c2cccc(F)c2)no1.Cn1nc(C(F)(F)F)cc1C(=O)O.[3H]P([3H])[3H]. The summed E-state index contributed by atoms with van der Waals surface area (Å²) in [7, 11) is 0.493. The number of aryl methyl sites for hydroxylation is 2. The van der Waals surface area contributed by atoms with Gasteiger partial charge in [-0.3, -0.25) is 14.2 Å². The third-order valence-electron chi connectivity index (χ3n) is 6.95. The molecule has 2 aromatic carbocycles. The Morgan fingerprint density at radius 2 is 1.23 bits per heavy atom. The van der Waals surface area contributed by atoms with Crippen molar-refractivity contribution < 1.29 is 58.9 Å². The van der Waals surface area contributed by atoms with E-state index in [-0.39, 0.29) is 36.7 Å². The molecule has 24 heteroatoms. The Kier molecular flexibility index (Phi) is 14.1. The third kappa shape index (κ3) is 12.5. The van der Waals surface area contributed by atoms with Gasteiger partial charge in [0.15, 0.2) is 11.4 Å². The molecule has 2 atom stereocenters. The summed E-state index contributed by atoms with van der Waals surface area (Å²) in [5.41, 5.74) is 3.37. The van der Waals surface area contributed by atoms with Gasteiger partial charge < -0.3 is 25.2 Å². The van der Waals surface area contributed by atoms with Crippen LogP contribution in [0.15, 0.2) is 69.7 Å². The van der Waals surface area contributed by atoms with Gasteiger partial charge in [-0.2, -0.15) is 56.2 Å². The standard InChI is InChI=1S/C16H13F4N5O2.C10H10FN3O.C6H5F3N2O2.CH4.H3P/c1-8(15-22-13(24-27-15)9-4-3-5-10(17)6-9)21-14(26)11-7-12(16(18,19)20)23-25(11)2;1-6(12)10-13-9(14-15-10)7-3-2-4-8(11)5-7;1-11-3(5(12)13)2-4(10-11)6(7,8)9;;/h3-8H,1-2H3,(H,21,26);2-6H,12H2,1H3;2H,1H3,(H,12,13);1H4;1H3/t8-;6-;;;/m11.../s1/i;;;;1T3. The Hall–Kier alpha value is -6.09. The van der Waals surface area contributed by atoms with Crippen LogP contribution in [-0.2, 0) is 26.4 Å². The number of carboxylic acids is 1. The summed E-state index contributed by atoms with van der Waals surface area (Å²) in [6, 6.07) is 11.6. The molecule has 0 aliphatic carbocycles. The van der Waals surface area contributed by atoms with E-state index >= 15 is 0 Å². The van der Waals surface area contributed by atoms with E-state index in [1.54, 1.807) is 25.1 Å². The molecule has 4 N–H and O–H groups in total. The van der Waals surface area contributed by atoms with E-state index in [1.807, 2.05) is 0 Å². The first-order valence-corrected chi connectivity index (χ1v) is 15.3. The molecular weight excluding hydrogens is 799 g/mol. The maximum Gasteiger partial charge on any atom is 0.435 e. The molecule has 0 fully saturated rings. The van der Waals surface area contributed by atoms with Crippen molar-refractivity contribution in [2.75, 3.05) is 0 Å². The summed E-state index contributed by atoms with van der Waals surface area (Å²) in [6.07, 6.45) is -9.26. The van der Waals surface area contributed by atoms with E-state index in [1.165, 1.54) is 44.3 Å². The highest BCUT2D eigenvalue weighted by atomic mass is 31.0. The van der Waals surface area contributed by atoms with Crippen LogP contribution in [0.2, 0.25) is 0 Å². The van der Waals surface area contributed by atoms with Crippen LogP contribution in [0.3, 0.4) is 0 Å². The Balaban J connectivity index is 0.000000318. The van der Waals surface area contributed by atoms with E-state index in [2.05, 4.69) is 35.8 Å². The number of hydrogen-bond acceptors (Lipinski definition) is 11. The molecule has 0 saturated carbocycles. The molecule has 4 heterocycles. The highest BCUT2D eigenvalue weighted by Gasteiger charge is 2.36. The third-order valence-corrected chi connectivity index (χ3v) is 6.95. The maximum absolute atomic E-state index is 13.3. The first-order valence-electron chi connectivity index (χ1n) is 16.7. The lowest BCUT2D eigenvalue weighted by molar-refractivity contribution is -0.142. The molecule has 308 valence electrons. The summed E-state index contributed by atoms with van der Waals surface area (Å²) < 4.78 is 130. The van der Waals surface area contributed by atoms with Crippen LogP contribution in [0.25, 0.3) is 22.8 Å². The van der Waals surface area contributed by atoms with Gasteiger partial charge in [0, 0.05) is 37.4 Å². The molecule has 0 spiro atoms. The van der Waals surface area contributed by atoms with Gasteiger partial charge in [0.05, 0.1) is 9.88 Å². The molecule has 0 bridgehead atoms. The summed E-state index contributed by atoms with van der Waals surface area (Å²) in [6.45, 7) is 3.25.